The minimum Gasteiger partial charge on any atom is -0.506 e. The number of hydrogen-bond donors (Lipinski definition) is 2. The summed E-state index contributed by atoms with van der Waals surface area (Å²) in [6.45, 7) is 0. The second kappa shape index (κ2) is 6.87. The maximum Gasteiger partial charge on any atom is 0.307 e. The van der Waals surface area contributed by atoms with Crippen LogP contribution in [0.3, 0.4) is 0 Å². The number of amides is 1. The van der Waals surface area contributed by atoms with Crippen molar-refractivity contribution in [3.8, 4) is 5.75 Å². The van der Waals surface area contributed by atoms with Crippen molar-refractivity contribution in [1.82, 2.24) is 5.43 Å². The molecule has 0 saturated carbocycles. The Kier molecular flexibility index (Phi) is 4.85. The lowest BCUT2D eigenvalue weighted by molar-refractivity contribution is 0.0929. The summed E-state index contributed by atoms with van der Waals surface area (Å²) >= 11 is 4.08. The van der Waals surface area contributed by atoms with Crippen LogP contribution in [0.5, 0.6) is 5.75 Å². The summed E-state index contributed by atoms with van der Waals surface area (Å²) in [6.07, 6.45) is 1.52. The molecule has 7 heteroatoms. The largest absolute Gasteiger partial charge is 0.506 e. The number of furan rings is 1. The molecule has 23 heavy (non-hydrogen) atoms. The summed E-state index contributed by atoms with van der Waals surface area (Å²) in [4.78, 5) is 12.0. The van der Waals surface area contributed by atoms with Gasteiger partial charge in [-0.2, -0.15) is 5.10 Å². The second-order valence-corrected chi connectivity index (χ2v) is 7.01. The number of halogens is 2. The van der Waals surface area contributed by atoms with Gasteiger partial charge in [0.1, 0.15) is 11.3 Å². The third-order valence-electron chi connectivity index (χ3n) is 3.07. The lowest BCUT2D eigenvalue weighted by Crippen LogP contribution is -2.16. The molecule has 1 amide bonds. The summed E-state index contributed by atoms with van der Waals surface area (Å²) in [6, 6.07) is 12.6. The zero-order valence-corrected chi connectivity index (χ0v) is 15.9. The maximum atomic E-state index is 12.0. The molecule has 0 spiro atoms. The average molecular weight is 532 g/mol. The number of aromatic hydroxyl groups is 1. The third-order valence-corrected chi connectivity index (χ3v) is 4.71. The van der Waals surface area contributed by atoms with E-state index in [0.717, 1.165) is 18.1 Å². The normalized spacial score (nSPS) is 11.2. The molecular weight excluding hydrogens is 522 g/mol. The molecule has 0 atom stereocenters. The molecule has 1 aromatic heterocycles. The van der Waals surface area contributed by atoms with Crippen LogP contribution < -0.4 is 5.43 Å². The first-order chi connectivity index (χ1) is 11.0. The molecule has 2 aromatic carbocycles. The minimum atomic E-state index is -0.416. The van der Waals surface area contributed by atoms with E-state index in [9.17, 15) is 9.90 Å². The number of phenols is 1. The maximum absolute atomic E-state index is 12.0. The van der Waals surface area contributed by atoms with E-state index in [4.69, 9.17) is 4.42 Å². The fraction of sp³-hybridized carbons (Fsp3) is 0. The molecule has 1 heterocycles. The van der Waals surface area contributed by atoms with Gasteiger partial charge in [-0.3, -0.25) is 4.79 Å². The molecule has 0 bridgehead atoms. The van der Waals surface area contributed by atoms with E-state index >= 15 is 0 Å². The Bertz CT molecular complexity index is 863. The standard InChI is InChI=1S/C16H10I2N2O3/c17-11-5-9(6-12(18)15(11)21)8-19-20-16(22)14-7-10-3-1-2-4-13(10)23-14/h1-8,21H,(H,20,22)/b19-8+. The summed E-state index contributed by atoms with van der Waals surface area (Å²) in [5, 5.41) is 14.5. The number of hydrogen-bond acceptors (Lipinski definition) is 4. The molecule has 5 nitrogen and oxygen atoms in total. The van der Waals surface area contributed by atoms with Crippen molar-refractivity contribution in [1.29, 1.82) is 0 Å². The molecule has 0 aliphatic carbocycles. The van der Waals surface area contributed by atoms with E-state index in [2.05, 4.69) is 10.5 Å². The SMILES string of the molecule is O=C(N/N=C/c1cc(I)c(O)c(I)c1)c1cc2ccccc2o1. The van der Waals surface area contributed by atoms with E-state index in [1.165, 1.54) is 6.21 Å². The van der Waals surface area contributed by atoms with Crippen LogP contribution in [0.1, 0.15) is 16.1 Å². The Morgan fingerprint density at radius 1 is 1.17 bits per heavy atom. The van der Waals surface area contributed by atoms with Gasteiger partial charge in [-0.25, -0.2) is 5.43 Å². The molecule has 0 aliphatic rings. The van der Waals surface area contributed by atoms with Crippen LogP contribution >= 0.6 is 45.2 Å². The van der Waals surface area contributed by atoms with Crippen molar-refractivity contribution >= 4 is 68.3 Å². The Morgan fingerprint density at radius 3 is 2.57 bits per heavy atom. The topological polar surface area (TPSA) is 74.8 Å². The smallest absolute Gasteiger partial charge is 0.307 e. The monoisotopic (exact) mass is 532 g/mol. The second-order valence-electron chi connectivity index (χ2n) is 4.68. The highest BCUT2D eigenvalue weighted by Crippen LogP contribution is 2.26. The van der Waals surface area contributed by atoms with Gasteiger partial charge in [0.25, 0.3) is 0 Å². The fourth-order valence-corrected chi connectivity index (χ4v) is 3.79. The highest BCUT2D eigenvalue weighted by atomic mass is 127. The number of rotatable bonds is 3. The summed E-state index contributed by atoms with van der Waals surface area (Å²) in [7, 11) is 0. The lowest BCUT2D eigenvalue weighted by Gasteiger charge is -2.02. The van der Waals surface area contributed by atoms with E-state index < -0.39 is 5.91 Å². The van der Waals surface area contributed by atoms with Crippen LogP contribution in [0.2, 0.25) is 0 Å². The van der Waals surface area contributed by atoms with Crippen molar-refractivity contribution < 1.29 is 14.3 Å². The third kappa shape index (κ3) is 3.66. The van der Waals surface area contributed by atoms with Crippen LogP contribution in [0, 0.1) is 7.14 Å². The quantitative estimate of drug-likeness (QED) is 0.303. The van der Waals surface area contributed by atoms with Gasteiger partial charge in [-0.05, 0) is 75.0 Å². The first kappa shape index (κ1) is 16.2. The Hall–Kier alpha value is -1.62. The van der Waals surface area contributed by atoms with Crippen molar-refractivity contribution in [3.05, 3.63) is 60.9 Å². The van der Waals surface area contributed by atoms with Gasteiger partial charge in [0, 0.05) is 5.39 Å². The number of hydrazone groups is 1. The fourth-order valence-electron chi connectivity index (χ4n) is 1.97. The summed E-state index contributed by atoms with van der Waals surface area (Å²) in [5.41, 5.74) is 3.87. The summed E-state index contributed by atoms with van der Waals surface area (Å²) < 4.78 is 6.91. The van der Waals surface area contributed by atoms with Gasteiger partial charge in [-0.15, -0.1) is 0 Å². The lowest BCUT2D eigenvalue weighted by atomic mass is 10.2. The Labute approximate surface area is 159 Å². The zero-order chi connectivity index (χ0) is 16.4. The number of benzene rings is 2. The molecule has 0 radical (unpaired) electrons. The predicted molar refractivity (Wildman–Crippen MR) is 105 cm³/mol. The Balaban J connectivity index is 1.73. The first-order valence-corrected chi connectivity index (χ1v) is 8.70. The minimum absolute atomic E-state index is 0.207. The molecular formula is C16H10I2N2O3. The van der Waals surface area contributed by atoms with Gasteiger partial charge in [0.05, 0.1) is 13.4 Å². The highest BCUT2D eigenvalue weighted by Gasteiger charge is 2.11. The first-order valence-electron chi connectivity index (χ1n) is 6.54. The molecule has 3 aromatic rings. The van der Waals surface area contributed by atoms with Gasteiger partial charge >= 0.3 is 5.91 Å². The molecule has 116 valence electrons. The van der Waals surface area contributed by atoms with Crippen molar-refractivity contribution in [2.24, 2.45) is 5.10 Å². The van der Waals surface area contributed by atoms with E-state index in [1.54, 1.807) is 24.3 Å². The van der Waals surface area contributed by atoms with Crippen LogP contribution in [0.15, 0.2) is 52.0 Å². The van der Waals surface area contributed by atoms with E-state index in [-0.39, 0.29) is 11.5 Å². The van der Waals surface area contributed by atoms with Crippen molar-refractivity contribution in [2.75, 3.05) is 0 Å². The number of nitrogens with zero attached hydrogens (tertiary/aromatic N) is 1. The molecule has 0 unspecified atom stereocenters. The molecule has 3 rings (SSSR count). The number of carbonyl (C=O) groups is 1. The van der Waals surface area contributed by atoms with E-state index in [1.807, 2.05) is 63.4 Å². The average Bonchev–Trinajstić information content (AvgIpc) is 2.96. The zero-order valence-electron chi connectivity index (χ0n) is 11.6. The highest BCUT2D eigenvalue weighted by molar-refractivity contribution is 14.1. The number of fused-ring (bicyclic) bond motifs is 1. The summed E-state index contributed by atoms with van der Waals surface area (Å²) in [5.74, 6) is 0.0356. The van der Waals surface area contributed by atoms with Crippen LogP contribution in [-0.2, 0) is 0 Å². The molecule has 0 aliphatic heterocycles. The van der Waals surface area contributed by atoms with E-state index in [0.29, 0.717) is 5.58 Å². The predicted octanol–water partition coefficient (Wildman–Crippen LogP) is 4.11. The van der Waals surface area contributed by atoms with Gasteiger partial charge in [0.2, 0.25) is 0 Å². The van der Waals surface area contributed by atoms with Crippen LogP contribution in [0.25, 0.3) is 11.0 Å². The number of para-hydroxylation sites is 1. The molecule has 0 saturated heterocycles. The van der Waals surface area contributed by atoms with Crippen LogP contribution in [0.4, 0.5) is 0 Å². The molecule has 0 fully saturated rings. The number of phenolic OH excluding ortho intramolecular Hbond substituents is 1. The van der Waals surface area contributed by atoms with Gasteiger partial charge < -0.3 is 9.52 Å². The van der Waals surface area contributed by atoms with Gasteiger partial charge in [-0.1, -0.05) is 18.2 Å². The Morgan fingerprint density at radius 2 is 1.87 bits per heavy atom. The molecule has 2 N–H and O–H groups in total. The van der Waals surface area contributed by atoms with Crippen molar-refractivity contribution in [3.63, 3.8) is 0 Å². The number of nitrogens with one attached hydrogen (secondary N) is 1. The van der Waals surface area contributed by atoms with Gasteiger partial charge in [0.15, 0.2) is 5.76 Å². The number of carbonyl (C=O) groups excluding carboxylic acids is 1. The van der Waals surface area contributed by atoms with Crippen LogP contribution in [-0.4, -0.2) is 17.2 Å². The van der Waals surface area contributed by atoms with Crippen molar-refractivity contribution in [2.45, 2.75) is 0 Å².